The number of halogens is 1. The molecule has 0 aliphatic heterocycles. The molecule has 0 aliphatic carbocycles. The van der Waals surface area contributed by atoms with E-state index in [0.29, 0.717) is 16.3 Å². The molecule has 2 rings (SSSR count). The van der Waals surface area contributed by atoms with Gasteiger partial charge in [0.25, 0.3) is 11.6 Å². The topological polar surface area (TPSA) is 89.2 Å². The van der Waals surface area contributed by atoms with Gasteiger partial charge in [-0.15, -0.1) is 0 Å². The molecule has 0 spiro atoms. The highest BCUT2D eigenvalue weighted by Gasteiger charge is 2.17. The zero-order valence-electron chi connectivity index (χ0n) is 12.0. The van der Waals surface area contributed by atoms with Crippen molar-refractivity contribution < 1.29 is 9.72 Å². The predicted octanol–water partition coefficient (Wildman–Crippen LogP) is 2.62. The summed E-state index contributed by atoms with van der Waals surface area (Å²) in [6.45, 7) is 1.91. The van der Waals surface area contributed by atoms with Crippen LogP contribution < -0.4 is 0 Å². The number of nitro groups is 1. The lowest BCUT2D eigenvalue weighted by Crippen LogP contribution is -2.27. The maximum absolute atomic E-state index is 12.2. The Morgan fingerprint density at radius 3 is 2.68 bits per heavy atom. The van der Waals surface area contributed by atoms with E-state index in [1.807, 2.05) is 0 Å². The van der Waals surface area contributed by atoms with E-state index < -0.39 is 4.92 Å². The normalized spacial score (nSPS) is 10.3. The zero-order valence-corrected chi connectivity index (χ0v) is 12.7. The molecule has 2 aromatic rings. The lowest BCUT2D eigenvalue weighted by Gasteiger charge is -2.17. The number of carbonyl (C=O) groups is 1. The third-order valence-electron chi connectivity index (χ3n) is 2.99. The second kappa shape index (κ2) is 6.48. The Morgan fingerprint density at radius 1 is 1.36 bits per heavy atom. The highest BCUT2D eigenvalue weighted by Crippen LogP contribution is 2.23. The van der Waals surface area contributed by atoms with E-state index in [4.69, 9.17) is 11.6 Å². The van der Waals surface area contributed by atoms with Crippen LogP contribution in [0.4, 0.5) is 5.69 Å². The number of hydrogen-bond donors (Lipinski definition) is 0. The first-order chi connectivity index (χ1) is 10.4. The molecule has 0 saturated carbocycles. The Morgan fingerprint density at radius 2 is 2.09 bits per heavy atom. The van der Waals surface area contributed by atoms with Crippen LogP contribution in [0.2, 0.25) is 5.02 Å². The van der Waals surface area contributed by atoms with Crippen LogP contribution in [0.3, 0.4) is 0 Å². The van der Waals surface area contributed by atoms with Gasteiger partial charge in [0.2, 0.25) is 0 Å². The quantitative estimate of drug-likeness (QED) is 0.638. The van der Waals surface area contributed by atoms with Gasteiger partial charge in [0.05, 0.1) is 16.8 Å². The molecule has 8 heteroatoms. The number of carbonyl (C=O) groups excluding carboxylic acids is 1. The summed E-state index contributed by atoms with van der Waals surface area (Å²) < 4.78 is 0. The number of aryl methyl sites for hydroxylation is 1. The van der Waals surface area contributed by atoms with Crippen molar-refractivity contribution in [3.05, 3.63) is 62.7 Å². The van der Waals surface area contributed by atoms with Crippen molar-refractivity contribution in [1.29, 1.82) is 0 Å². The number of aromatic nitrogens is 2. The minimum absolute atomic E-state index is 0.0737. The summed E-state index contributed by atoms with van der Waals surface area (Å²) in [5, 5.41) is 11.2. The Balaban J connectivity index is 2.19. The highest BCUT2D eigenvalue weighted by molar-refractivity contribution is 6.31. The molecule has 7 nitrogen and oxygen atoms in total. The number of non-ortho nitro benzene ring substituents is 1. The van der Waals surface area contributed by atoms with Gasteiger partial charge in [-0.2, -0.15) is 0 Å². The summed E-state index contributed by atoms with van der Waals surface area (Å²) in [4.78, 5) is 31.9. The number of nitro benzene ring substituents is 1. The molecule has 0 fully saturated rings. The first-order valence-corrected chi connectivity index (χ1v) is 6.73. The number of nitrogens with zero attached hydrogens (tertiary/aromatic N) is 4. The molecule has 0 radical (unpaired) electrons. The van der Waals surface area contributed by atoms with Gasteiger partial charge >= 0.3 is 0 Å². The second-order valence-corrected chi connectivity index (χ2v) is 5.14. The van der Waals surface area contributed by atoms with Gasteiger partial charge in [-0.3, -0.25) is 19.9 Å². The molecular weight excluding hydrogens is 308 g/mol. The standard InChI is InChI=1S/C14H13ClN4O3/c1-9-6-17-13(7-16-9)14(20)18(2)8-10-5-11(19(21)22)3-4-12(10)15/h3-7H,8H2,1-2H3. The minimum Gasteiger partial charge on any atom is -0.336 e. The predicted molar refractivity (Wildman–Crippen MR) is 80.7 cm³/mol. The van der Waals surface area contributed by atoms with E-state index in [1.165, 1.54) is 35.5 Å². The van der Waals surface area contributed by atoms with Crippen LogP contribution in [0.25, 0.3) is 0 Å². The van der Waals surface area contributed by atoms with Gasteiger partial charge in [0.15, 0.2) is 0 Å². The summed E-state index contributed by atoms with van der Waals surface area (Å²) >= 11 is 6.03. The Kier molecular flexibility index (Phi) is 4.67. The molecule has 22 heavy (non-hydrogen) atoms. The zero-order chi connectivity index (χ0) is 16.3. The van der Waals surface area contributed by atoms with E-state index in [-0.39, 0.29) is 23.8 Å². The Labute approximate surface area is 131 Å². The van der Waals surface area contributed by atoms with Crippen molar-refractivity contribution in [2.75, 3.05) is 7.05 Å². The monoisotopic (exact) mass is 320 g/mol. The average molecular weight is 321 g/mol. The number of benzene rings is 1. The molecule has 0 saturated heterocycles. The maximum Gasteiger partial charge on any atom is 0.274 e. The molecule has 1 aromatic carbocycles. The van der Waals surface area contributed by atoms with Gasteiger partial charge in [-0.1, -0.05) is 11.6 Å². The van der Waals surface area contributed by atoms with E-state index >= 15 is 0 Å². The lowest BCUT2D eigenvalue weighted by molar-refractivity contribution is -0.384. The molecule has 0 N–H and O–H groups in total. The van der Waals surface area contributed by atoms with Gasteiger partial charge < -0.3 is 4.90 Å². The SMILES string of the molecule is Cc1cnc(C(=O)N(C)Cc2cc([N+](=O)[O-])ccc2Cl)cn1. The van der Waals surface area contributed by atoms with Crippen LogP contribution in [0.15, 0.2) is 30.6 Å². The maximum atomic E-state index is 12.2. The highest BCUT2D eigenvalue weighted by atomic mass is 35.5. The number of amides is 1. The fourth-order valence-electron chi connectivity index (χ4n) is 1.82. The van der Waals surface area contributed by atoms with E-state index in [0.717, 1.165) is 0 Å². The second-order valence-electron chi connectivity index (χ2n) is 4.74. The van der Waals surface area contributed by atoms with Crippen LogP contribution >= 0.6 is 11.6 Å². The van der Waals surface area contributed by atoms with Gasteiger partial charge in [0.1, 0.15) is 5.69 Å². The molecule has 0 unspecified atom stereocenters. The summed E-state index contributed by atoms with van der Waals surface area (Å²) in [7, 11) is 1.57. The summed E-state index contributed by atoms with van der Waals surface area (Å²) in [5.74, 6) is -0.338. The third-order valence-corrected chi connectivity index (χ3v) is 3.36. The van der Waals surface area contributed by atoms with E-state index in [1.54, 1.807) is 14.0 Å². The van der Waals surface area contributed by atoms with Crippen molar-refractivity contribution >= 4 is 23.2 Å². The van der Waals surface area contributed by atoms with Gasteiger partial charge in [-0.05, 0) is 18.6 Å². The molecule has 1 heterocycles. The van der Waals surface area contributed by atoms with Crippen molar-refractivity contribution in [1.82, 2.24) is 14.9 Å². The molecule has 1 amide bonds. The fourth-order valence-corrected chi connectivity index (χ4v) is 2.00. The molecule has 0 aliphatic rings. The largest absolute Gasteiger partial charge is 0.336 e. The van der Waals surface area contributed by atoms with Crippen molar-refractivity contribution in [3.8, 4) is 0 Å². The van der Waals surface area contributed by atoms with Crippen LogP contribution in [0, 0.1) is 17.0 Å². The summed E-state index contributed by atoms with van der Waals surface area (Å²) in [6, 6.07) is 4.12. The first kappa shape index (κ1) is 15.8. The Hall–Kier alpha value is -2.54. The smallest absolute Gasteiger partial charge is 0.274 e. The molecule has 0 bridgehead atoms. The number of hydrogen-bond acceptors (Lipinski definition) is 5. The minimum atomic E-state index is -0.507. The molecule has 1 aromatic heterocycles. The van der Waals surface area contributed by atoms with Gasteiger partial charge in [-0.25, -0.2) is 4.98 Å². The summed E-state index contributed by atoms with van der Waals surface area (Å²) in [5.41, 5.74) is 1.33. The van der Waals surface area contributed by atoms with Crippen LogP contribution in [-0.2, 0) is 6.54 Å². The van der Waals surface area contributed by atoms with Gasteiger partial charge in [0, 0.05) is 36.9 Å². The van der Waals surface area contributed by atoms with E-state index in [9.17, 15) is 14.9 Å². The van der Waals surface area contributed by atoms with Crippen LogP contribution in [-0.4, -0.2) is 32.7 Å². The fraction of sp³-hybridized carbons (Fsp3) is 0.214. The Bertz CT molecular complexity index is 719. The van der Waals surface area contributed by atoms with Crippen molar-refractivity contribution in [2.24, 2.45) is 0 Å². The van der Waals surface area contributed by atoms with Crippen LogP contribution in [0.5, 0.6) is 0 Å². The summed E-state index contributed by atoms with van der Waals surface area (Å²) in [6.07, 6.45) is 2.89. The molecule has 0 atom stereocenters. The molecule has 114 valence electrons. The first-order valence-electron chi connectivity index (χ1n) is 6.35. The van der Waals surface area contributed by atoms with Crippen LogP contribution in [0.1, 0.15) is 21.7 Å². The molecular formula is C14H13ClN4O3. The van der Waals surface area contributed by atoms with Crippen molar-refractivity contribution in [3.63, 3.8) is 0 Å². The van der Waals surface area contributed by atoms with Crippen molar-refractivity contribution in [2.45, 2.75) is 13.5 Å². The lowest BCUT2D eigenvalue weighted by atomic mass is 10.2. The average Bonchev–Trinajstić information content (AvgIpc) is 2.49. The third kappa shape index (κ3) is 3.56. The van der Waals surface area contributed by atoms with E-state index in [2.05, 4.69) is 9.97 Å². The number of rotatable bonds is 4.